The third kappa shape index (κ3) is 4.33. The number of carbonyl (C=O) groups is 2. The monoisotopic (exact) mass is 421 g/mol. The molecule has 2 N–H and O–H groups in total. The summed E-state index contributed by atoms with van der Waals surface area (Å²) in [6.07, 6.45) is 1.53. The zero-order chi connectivity index (χ0) is 20.9. The molecule has 0 fully saturated rings. The van der Waals surface area contributed by atoms with Gasteiger partial charge in [0.05, 0.1) is 23.1 Å². The fraction of sp³-hybridized carbons (Fsp3) is 0.0455. The van der Waals surface area contributed by atoms with Gasteiger partial charge in [-0.3, -0.25) is 20.4 Å². The molecule has 6 nitrogen and oxygen atoms in total. The molecule has 0 aliphatic rings. The Labute approximate surface area is 175 Å². The number of amides is 2. The average Bonchev–Trinajstić information content (AvgIpc) is 3.31. The zero-order valence-corrected chi connectivity index (χ0v) is 16.4. The van der Waals surface area contributed by atoms with Crippen LogP contribution in [0, 0.1) is 5.82 Å². The van der Waals surface area contributed by atoms with E-state index in [4.69, 9.17) is 4.42 Å². The van der Waals surface area contributed by atoms with Crippen molar-refractivity contribution in [2.75, 3.05) is 5.75 Å². The van der Waals surface area contributed by atoms with Crippen LogP contribution in [0.1, 0.15) is 10.4 Å². The minimum absolute atomic E-state index is 0.0457. The summed E-state index contributed by atoms with van der Waals surface area (Å²) in [6, 6.07) is 18.5. The van der Waals surface area contributed by atoms with Crippen LogP contribution in [-0.4, -0.2) is 22.6 Å². The van der Waals surface area contributed by atoms with Crippen molar-refractivity contribution < 1.29 is 18.4 Å². The largest absolute Gasteiger partial charge is 0.463 e. The number of nitrogens with zero attached hydrogens (tertiary/aromatic N) is 1. The number of halogens is 1. The lowest BCUT2D eigenvalue weighted by molar-refractivity contribution is -0.119. The number of hydrogen-bond donors (Lipinski definition) is 2. The summed E-state index contributed by atoms with van der Waals surface area (Å²) < 4.78 is 19.0. The Morgan fingerprint density at radius 2 is 1.80 bits per heavy atom. The highest BCUT2D eigenvalue weighted by Gasteiger charge is 2.16. The molecule has 2 aromatic heterocycles. The quantitative estimate of drug-likeness (QED) is 0.373. The number of hydrazine groups is 1. The van der Waals surface area contributed by atoms with Gasteiger partial charge < -0.3 is 4.42 Å². The van der Waals surface area contributed by atoms with Crippen molar-refractivity contribution in [3.05, 3.63) is 84.4 Å². The lowest BCUT2D eigenvalue weighted by Gasteiger charge is -2.11. The summed E-state index contributed by atoms with van der Waals surface area (Å²) in [6.45, 7) is 0. The van der Waals surface area contributed by atoms with Crippen LogP contribution in [0.25, 0.3) is 22.4 Å². The summed E-state index contributed by atoms with van der Waals surface area (Å²) in [5.74, 6) is -0.865. The standard InChI is InChI=1S/C22H16FN3O3S/c23-16-7-2-4-10-20(16)30-13-21(27)25-26-22(28)15-12-18(19-9-5-11-29-19)24-17-8-3-1-6-14(15)17/h1-12H,13H2,(H,25,27)(H,26,28). The number of para-hydroxylation sites is 1. The molecule has 0 bridgehead atoms. The van der Waals surface area contributed by atoms with E-state index >= 15 is 0 Å². The summed E-state index contributed by atoms with van der Waals surface area (Å²) in [5.41, 5.74) is 6.24. The number of benzene rings is 2. The van der Waals surface area contributed by atoms with Crippen molar-refractivity contribution in [3.8, 4) is 11.5 Å². The summed E-state index contributed by atoms with van der Waals surface area (Å²) >= 11 is 1.05. The number of pyridine rings is 1. The van der Waals surface area contributed by atoms with Gasteiger partial charge in [-0.25, -0.2) is 9.37 Å². The minimum atomic E-state index is -0.495. The molecule has 0 saturated carbocycles. The third-order valence-corrected chi connectivity index (χ3v) is 5.29. The molecule has 150 valence electrons. The smallest absolute Gasteiger partial charge is 0.270 e. The van der Waals surface area contributed by atoms with E-state index in [-0.39, 0.29) is 5.75 Å². The summed E-state index contributed by atoms with van der Waals surface area (Å²) in [5, 5.41) is 0.639. The second-order valence-corrected chi connectivity index (χ2v) is 7.29. The highest BCUT2D eigenvalue weighted by atomic mass is 32.2. The van der Waals surface area contributed by atoms with Crippen LogP contribution in [0.3, 0.4) is 0 Å². The van der Waals surface area contributed by atoms with Crippen molar-refractivity contribution >= 4 is 34.5 Å². The normalized spacial score (nSPS) is 10.7. The lowest BCUT2D eigenvalue weighted by Crippen LogP contribution is -2.42. The van der Waals surface area contributed by atoms with Crippen LogP contribution in [0.2, 0.25) is 0 Å². The molecule has 0 saturated heterocycles. The van der Waals surface area contributed by atoms with Crippen LogP contribution < -0.4 is 10.9 Å². The molecule has 0 radical (unpaired) electrons. The van der Waals surface area contributed by atoms with E-state index in [2.05, 4.69) is 15.8 Å². The molecule has 30 heavy (non-hydrogen) atoms. The Morgan fingerprint density at radius 1 is 1.00 bits per heavy atom. The fourth-order valence-electron chi connectivity index (χ4n) is 2.85. The minimum Gasteiger partial charge on any atom is -0.463 e. The SMILES string of the molecule is O=C(CSc1ccccc1F)NNC(=O)c1cc(-c2ccco2)nc2ccccc12. The van der Waals surface area contributed by atoms with Gasteiger partial charge in [0.2, 0.25) is 5.91 Å². The number of furan rings is 1. The van der Waals surface area contributed by atoms with Gasteiger partial charge in [0.1, 0.15) is 11.5 Å². The van der Waals surface area contributed by atoms with Crippen molar-refractivity contribution in [1.29, 1.82) is 0 Å². The number of thioether (sulfide) groups is 1. The molecule has 0 unspecified atom stereocenters. The van der Waals surface area contributed by atoms with Crippen LogP contribution in [0.15, 0.2) is 82.3 Å². The number of hydrogen-bond acceptors (Lipinski definition) is 5. The third-order valence-electron chi connectivity index (χ3n) is 4.25. The Morgan fingerprint density at radius 3 is 2.60 bits per heavy atom. The zero-order valence-electron chi connectivity index (χ0n) is 15.6. The van der Waals surface area contributed by atoms with E-state index in [0.29, 0.717) is 32.8 Å². The number of fused-ring (bicyclic) bond motifs is 1. The van der Waals surface area contributed by atoms with Crippen LogP contribution in [0.4, 0.5) is 4.39 Å². The first kappa shape index (κ1) is 19.7. The summed E-state index contributed by atoms with van der Waals surface area (Å²) in [4.78, 5) is 29.7. The van der Waals surface area contributed by atoms with Gasteiger partial charge in [0, 0.05) is 10.3 Å². The van der Waals surface area contributed by atoms with Crippen LogP contribution in [-0.2, 0) is 4.79 Å². The first-order valence-electron chi connectivity index (χ1n) is 9.02. The highest BCUT2D eigenvalue weighted by Crippen LogP contribution is 2.25. The number of rotatable bonds is 5. The van der Waals surface area contributed by atoms with Crippen molar-refractivity contribution in [2.24, 2.45) is 0 Å². The first-order chi connectivity index (χ1) is 14.6. The molecule has 4 rings (SSSR count). The van der Waals surface area contributed by atoms with E-state index in [1.165, 1.54) is 12.3 Å². The van der Waals surface area contributed by atoms with E-state index in [0.717, 1.165) is 11.8 Å². The van der Waals surface area contributed by atoms with Crippen LogP contribution in [0.5, 0.6) is 0 Å². The van der Waals surface area contributed by atoms with Gasteiger partial charge in [-0.15, -0.1) is 11.8 Å². The number of carbonyl (C=O) groups excluding carboxylic acids is 2. The second-order valence-electron chi connectivity index (χ2n) is 6.27. The van der Waals surface area contributed by atoms with Gasteiger partial charge in [0.15, 0.2) is 5.76 Å². The van der Waals surface area contributed by atoms with E-state index in [9.17, 15) is 14.0 Å². The predicted molar refractivity (Wildman–Crippen MR) is 112 cm³/mol. The van der Waals surface area contributed by atoms with E-state index in [1.54, 1.807) is 54.6 Å². The maximum Gasteiger partial charge on any atom is 0.270 e. The maximum atomic E-state index is 13.6. The van der Waals surface area contributed by atoms with Gasteiger partial charge >= 0.3 is 0 Å². The molecule has 0 aliphatic heterocycles. The Bertz CT molecular complexity index is 1210. The predicted octanol–water partition coefficient (Wildman–Crippen LogP) is 4.19. The molecule has 2 heterocycles. The van der Waals surface area contributed by atoms with Gasteiger partial charge in [-0.2, -0.15) is 0 Å². The van der Waals surface area contributed by atoms with Gasteiger partial charge in [-0.05, 0) is 36.4 Å². The number of nitrogens with one attached hydrogen (secondary N) is 2. The summed E-state index contributed by atoms with van der Waals surface area (Å²) in [7, 11) is 0. The Kier molecular flexibility index (Phi) is 5.76. The van der Waals surface area contributed by atoms with E-state index < -0.39 is 17.6 Å². The van der Waals surface area contributed by atoms with E-state index in [1.807, 2.05) is 6.07 Å². The Balaban J connectivity index is 1.48. The lowest BCUT2D eigenvalue weighted by atomic mass is 10.1. The average molecular weight is 421 g/mol. The fourth-order valence-corrected chi connectivity index (χ4v) is 3.59. The van der Waals surface area contributed by atoms with Crippen LogP contribution >= 0.6 is 11.8 Å². The Hall–Kier alpha value is -3.65. The molecule has 0 aliphatic carbocycles. The second kappa shape index (κ2) is 8.79. The van der Waals surface area contributed by atoms with Gasteiger partial charge in [-0.1, -0.05) is 30.3 Å². The molecule has 2 aromatic carbocycles. The van der Waals surface area contributed by atoms with Crippen molar-refractivity contribution in [1.82, 2.24) is 15.8 Å². The molecule has 0 atom stereocenters. The van der Waals surface area contributed by atoms with Crippen molar-refractivity contribution in [3.63, 3.8) is 0 Å². The molecule has 0 spiro atoms. The first-order valence-corrected chi connectivity index (χ1v) is 10.0. The highest BCUT2D eigenvalue weighted by molar-refractivity contribution is 8.00. The molecule has 4 aromatic rings. The number of aromatic nitrogens is 1. The van der Waals surface area contributed by atoms with Crippen molar-refractivity contribution in [2.45, 2.75) is 4.90 Å². The molecular weight excluding hydrogens is 405 g/mol. The molecule has 2 amide bonds. The van der Waals surface area contributed by atoms with Gasteiger partial charge in [0.25, 0.3) is 5.91 Å². The topological polar surface area (TPSA) is 84.2 Å². The molecule has 8 heteroatoms. The maximum absolute atomic E-state index is 13.6. The molecular formula is C22H16FN3O3S.